The van der Waals surface area contributed by atoms with Crippen LogP contribution in [0.1, 0.15) is 0 Å². The zero-order valence-corrected chi connectivity index (χ0v) is 14.5. The SMILES string of the molecule is Brc1cccc(-c2ncc(Br)c3cc(Br)ccc23)c1. The highest BCUT2D eigenvalue weighted by Gasteiger charge is 2.08. The minimum atomic E-state index is 0.993. The predicted molar refractivity (Wildman–Crippen MR) is 90.3 cm³/mol. The van der Waals surface area contributed by atoms with Crippen LogP contribution in [0.5, 0.6) is 0 Å². The average molecular weight is 442 g/mol. The van der Waals surface area contributed by atoms with E-state index in [4.69, 9.17) is 0 Å². The van der Waals surface area contributed by atoms with Crippen LogP contribution in [0.4, 0.5) is 0 Å². The lowest BCUT2D eigenvalue weighted by atomic mass is 10.0. The van der Waals surface area contributed by atoms with Crippen molar-refractivity contribution in [2.75, 3.05) is 0 Å². The molecule has 0 aliphatic carbocycles. The summed E-state index contributed by atoms with van der Waals surface area (Å²) in [7, 11) is 0. The second kappa shape index (κ2) is 5.35. The number of aromatic nitrogens is 1. The van der Waals surface area contributed by atoms with Crippen LogP contribution in [-0.2, 0) is 0 Å². The molecular formula is C15H8Br3N. The number of hydrogen-bond donors (Lipinski definition) is 0. The fraction of sp³-hybridized carbons (Fsp3) is 0. The summed E-state index contributed by atoms with van der Waals surface area (Å²) in [6.07, 6.45) is 1.85. The zero-order valence-electron chi connectivity index (χ0n) is 9.70. The van der Waals surface area contributed by atoms with Gasteiger partial charge in [-0.25, -0.2) is 0 Å². The van der Waals surface area contributed by atoms with Crippen molar-refractivity contribution in [2.24, 2.45) is 0 Å². The van der Waals surface area contributed by atoms with Crippen LogP contribution in [0.3, 0.4) is 0 Å². The largest absolute Gasteiger partial charge is 0.254 e. The lowest BCUT2D eigenvalue weighted by Gasteiger charge is -2.08. The first-order valence-corrected chi connectivity index (χ1v) is 8.03. The molecular weight excluding hydrogens is 434 g/mol. The molecule has 1 aromatic heterocycles. The summed E-state index contributed by atoms with van der Waals surface area (Å²) in [4.78, 5) is 4.56. The van der Waals surface area contributed by atoms with Gasteiger partial charge in [0, 0.05) is 36.0 Å². The van der Waals surface area contributed by atoms with Crippen LogP contribution in [0.15, 0.2) is 62.1 Å². The van der Waals surface area contributed by atoms with Crippen molar-refractivity contribution in [1.82, 2.24) is 4.98 Å². The highest BCUT2D eigenvalue weighted by molar-refractivity contribution is 9.11. The minimum Gasteiger partial charge on any atom is -0.254 e. The van der Waals surface area contributed by atoms with E-state index in [1.165, 1.54) is 0 Å². The highest BCUT2D eigenvalue weighted by Crippen LogP contribution is 2.33. The van der Waals surface area contributed by atoms with Crippen molar-refractivity contribution in [3.63, 3.8) is 0 Å². The molecule has 0 saturated carbocycles. The first-order valence-electron chi connectivity index (χ1n) is 5.65. The quantitative estimate of drug-likeness (QED) is 0.438. The fourth-order valence-corrected chi connectivity index (χ4v) is 3.24. The van der Waals surface area contributed by atoms with E-state index in [-0.39, 0.29) is 0 Å². The van der Waals surface area contributed by atoms with Crippen LogP contribution >= 0.6 is 47.8 Å². The summed E-state index contributed by atoms with van der Waals surface area (Å²) >= 11 is 10.6. The number of nitrogens with zero attached hydrogens (tertiary/aromatic N) is 1. The van der Waals surface area contributed by atoms with E-state index in [0.29, 0.717) is 0 Å². The molecule has 3 aromatic rings. The lowest BCUT2D eigenvalue weighted by Crippen LogP contribution is -1.87. The van der Waals surface area contributed by atoms with Gasteiger partial charge in [-0.1, -0.05) is 50.1 Å². The Morgan fingerprint density at radius 3 is 2.37 bits per heavy atom. The van der Waals surface area contributed by atoms with Crippen LogP contribution < -0.4 is 0 Å². The van der Waals surface area contributed by atoms with E-state index in [1.807, 2.05) is 24.4 Å². The maximum Gasteiger partial charge on any atom is 0.0781 e. The molecule has 1 heterocycles. The van der Waals surface area contributed by atoms with E-state index in [0.717, 1.165) is 35.4 Å². The third-order valence-electron chi connectivity index (χ3n) is 2.90. The summed E-state index contributed by atoms with van der Waals surface area (Å²) in [6, 6.07) is 14.4. The Balaban J connectivity index is 2.33. The number of fused-ring (bicyclic) bond motifs is 1. The normalized spacial score (nSPS) is 10.9. The summed E-state index contributed by atoms with van der Waals surface area (Å²) in [5.74, 6) is 0. The Hall–Kier alpha value is -0.710. The van der Waals surface area contributed by atoms with Crippen LogP contribution in [0, 0.1) is 0 Å². The smallest absolute Gasteiger partial charge is 0.0781 e. The van der Waals surface area contributed by atoms with Gasteiger partial charge in [-0.05, 0) is 40.2 Å². The maximum absolute atomic E-state index is 4.56. The van der Waals surface area contributed by atoms with Gasteiger partial charge in [-0.15, -0.1) is 0 Å². The molecule has 0 fully saturated rings. The third kappa shape index (κ3) is 2.62. The molecule has 0 N–H and O–H groups in total. The van der Waals surface area contributed by atoms with E-state index in [2.05, 4.69) is 77.0 Å². The molecule has 0 spiro atoms. The molecule has 0 atom stereocenters. The number of rotatable bonds is 1. The fourth-order valence-electron chi connectivity index (χ4n) is 2.05. The Labute approximate surface area is 136 Å². The second-order valence-electron chi connectivity index (χ2n) is 4.15. The first kappa shape index (κ1) is 13.3. The molecule has 3 rings (SSSR count). The Kier molecular flexibility index (Phi) is 3.74. The third-order valence-corrected chi connectivity index (χ3v) is 4.52. The molecule has 0 aliphatic heterocycles. The highest BCUT2D eigenvalue weighted by atomic mass is 79.9. The van der Waals surface area contributed by atoms with Crippen molar-refractivity contribution in [3.8, 4) is 11.3 Å². The van der Waals surface area contributed by atoms with Crippen LogP contribution in [0.25, 0.3) is 22.0 Å². The van der Waals surface area contributed by atoms with Gasteiger partial charge in [0.2, 0.25) is 0 Å². The van der Waals surface area contributed by atoms with E-state index < -0.39 is 0 Å². The molecule has 2 aromatic carbocycles. The van der Waals surface area contributed by atoms with Crippen molar-refractivity contribution in [1.29, 1.82) is 0 Å². The molecule has 19 heavy (non-hydrogen) atoms. The molecule has 0 unspecified atom stereocenters. The van der Waals surface area contributed by atoms with E-state index in [9.17, 15) is 0 Å². The molecule has 0 radical (unpaired) electrons. The average Bonchev–Trinajstić information content (AvgIpc) is 2.40. The topological polar surface area (TPSA) is 12.9 Å². The molecule has 4 heteroatoms. The Morgan fingerprint density at radius 1 is 0.789 bits per heavy atom. The molecule has 0 saturated heterocycles. The van der Waals surface area contributed by atoms with Gasteiger partial charge in [-0.3, -0.25) is 4.98 Å². The van der Waals surface area contributed by atoms with Gasteiger partial charge < -0.3 is 0 Å². The van der Waals surface area contributed by atoms with Gasteiger partial charge >= 0.3 is 0 Å². The minimum absolute atomic E-state index is 0.993. The summed E-state index contributed by atoms with van der Waals surface area (Å²) < 4.78 is 3.12. The van der Waals surface area contributed by atoms with Crippen molar-refractivity contribution in [2.45, 2.75) is 0 Å². The zero-order chi connectivity index (χ0) is 13.4. The monoisotopic (exact) mass is 439 g/mol. The molecule has 1 nitrogen and oxygen atoms in total. The Bertz CT molecular complexity index is 768. The van der Waals surface area contributed by atoms with Crippen molar-refractivity contribution >= 4 is 58.6 Å². The summed E-state index contributed by atoms with van der Waals surface area (Å²) in [5.41, 5.74) is 2.10. The number of halogens is 3. The maximum atomic E-state index is 4.56. The second-order valence-corrected chi connectivity index (χ2v) is 6.84. The standard InChI is InChI=1S/C15H8Br3N/c16-10-3-1-2-9(6-10)15-12-5-4-11(17)7-13(12)14(18)8-19-15/h1-8H. The summed E-state index contributed by atoms with van der Waals surface area (Å²) in [5, 5.41) is 2.29. The van der Waals surface area contributed by atoms with Gasteiger partial charge in [0.25, 0.3) is 0 Å². The number of hydrogen-bond acceptors (Lipinski definition) is 1. The molecule has 0 aliphatic rings. The van der Waals surface area contributed by atoms with Crippen molar-refractivity contribution < 1.29 is 0 Å². The van der Waals surface area contributed by atoms with Gasteiger partial charge in [0.1, 0.15) is 0 Å². The van der Waals surface area contributed by atoms with E-state index >= 15 is 0 Å². The molecule has 94 valence electrons. The summed E-state index contributed by atoms with van der Waals surface area (Å²) in [6.45, 7) is 0. The molecule has 0 bridgehead atoms. The first-order chi connectivity index (χ1) is 9.15. The number of pyridine rings is 1. The molecule has 0 amide bonds. The van der Waals surface area contributed by atoms with Crippen LogP contribution in [0.2, 0.25) is 0 Å². The van der Waals surface area contributed by atoms with Gasteiger partial charge in [0.15, 0.2) is 0 Å². The number of benzene rings is 2. The van der Waals surface area contributed by atoms with Gasteiger partial charge in [0.05, 0.1) is 5.69 Å². The van der Waals surface area contributed by atoms with E-state index in [1.54, 1.807) is 0 Å². The lowest BCUT2D eigenvalue weighted by molar-refractivity contribution is 1.34. The van der Waals surface area contributed by atoms with Crippen LogP contribution in [-0.4, -0.2) is 4.98 Å². The van der Waals surface area contributed by atoms with Crippen molar-refractivity contribution in [3.05, 3.63) is 62.1 Å². The van der Waals surface area contributed by atoms with Gasteiger partial charge in [-0.2, -0.15) is 0 Å². The Morgan fingerprint density at radius 2 is 1.58 bits per heavy atom. The predicted octanol–water partition coefficient (Wildman–Crippen LogP) is 6.19.